The van der Waals surface area contributed by atoms with Gasteiger partial charge in [-0.1, -0.05) is 0 Å². The van der Waals surface area contributed by atoms with Crippen molar-refractivity contribution in [2.75, 3.05) is 0 Å². The molecule has 0 amide bonds. The summed E-state index contributed by atoms with van der Waals surface area (Å²) in [5, 5.41) is 15.1. The molecule has 0 aromatic carbocycles. The summed E-state index contributed by atoms with van der Waals surface area (Å²) in [4.78, 5) is 10.6. The Labute approximate surface area is 68.6 Å². The molecule has 0 saturated heterocycles. The highest BCUT2D eigenvalue weighted by Crippen LogP contribution is 2.21. The molecule has 2 rings (SSSR count). The van der Waals surface area contributed by atoms with Crippen molar-refractivity contribution in [3.8, 4) is 0 Å². The molecule has 1 aromatic rings. The molecule has 0 radical (unpaired) electrons. The zero-order valence-corrected chi connectivity index (χ0v) is 6.37. The Morgan fingerprint density at radius 1 is 1.67 bits per heavy atom. The molecule has 1 aliphatic carbocycles. The molecule has 1 aromatic heterocycles. The number of H-pyrrole nitrogens is 1. The maximum absolute atomic E-state index is 10.6. The van der Waals surface area contributed by atoms with E-state index in [2.05, 4.69) is 10.2 Å². The first-order chi connectivity index (χ1) is 5.68. The van der Waals surface area contributed by atoms with Crippen LogP contribution in [-0.4, -0.2) is 27.3 Å². The molecule has 0 aliphatic heterocycles. The smallest absolute Gasteiger partial charge is 0.356 e. The number of carbonyl (C=O) groups is 1. The SMILES string of the molecule is N[C@@H]1Cc2[nH]nc(C(=O)O)c2C1. The molecule has 5 heteroatoms. The second kappa shape index (κ2) is 2.31. The van der Waals surface area contributed by atoms with Crippen molar-refractivity contribution in [2.24, 2.45) is 5.73 Å². The Kier molecular flexibility index (Phi) is 1.41. The first-order valence-electron chi connectivity index (χ1n) is 3.73. The number of hydrogen-bond acceptors (Lipinski definition) is 3. The number of aromatic amines is 1. The van der Waals surface area contributed by atoms with Crippen molar-refractivity contribution in [3.63, 3.8) is 0 Å². The highest BCUT2D eigenvalue weighted by Gasteiger charge is 2.26. The summed E-state index contributed by atoms with van der Waals surface area (Å²) in [5.74, 6) is -0.985. The molecular weight excluding hydrogens is 158 g/mol. The molecule has 1 heterocycles. The second-order valence-electron chi connectivity index (χ2n) is 3.00. The fraction of sp³-hybridized carbons (Fsp3) is 0.429. The van der Waals surface area contributed by atoms with E-state index >= 15 is 0 Å². The molecule has 0 spiro atoms. The van der Waals surface area contributed by atoms with E-state index in [1.54, 1.807) is 0 Å². The predicted molar refractivity (Wildman–Crippen MR) is 40.9 cm³/mol. The summed E-state index contributed by atoms with van der Waals surface area (Å²) in [6.45, 7) is 0. The zero-order chi connectivity index (χ0) is 8.72. The van der Waals surface area contributed by atoms with E-state index in [0.29, 0.717) is 12.8 Å². The Morgan fingerprint density at radius 3 is 3.08 bits per heavy atom. The third kappa shape index (κ3) is 0.902. The Balaban J connectivity index is 2.43. The first kappa shape index (κ1) is 7.30. The van der Waals surface area contributed by atoms with Crippen LogP contribution in [0.4, 0.5) is 0 Å². The lowest BCUT2D eigenvalue weighted by molar-refractivity contribution is 0.0689. The number of aromatic carboxylic acids is 1. The number of rotatable bonds is 1. The number of carboxylic acid groups (broad SMARTS) is 1. The van der Waals surface area contributed by atoms with Gasteiger partial charge in [0, 0.05) is 23.7 Å². The van der Waals surface area contributed by atoms with Gasteiger partial charge >= 0.3 is 5.97 Å². The quantitative estimate of drug-likeness (QED) is 0.527. The standard InChI is InChI=1S/C7H9N3O2/c8-3-1-4-5(2-3)9-10-6(4)7(11)12/h3H,1-2,8H2,(H,9,10)(H,11,12)/t3-/m0/s1. The number of aromatic nitrogens is 2. The molecule has 0 fully saturated rings. The average Bonchev–Trinajstić information content (AvgIpc) is 2.43. The number of fused-ring (bicyclic) bond motifs is 1. The predicted octanol–water partition coefficient (Wildman–Crippen LogP) is -0.466. The minimum atomic E-state index is -0.985. The van der Waals surface area contributed by atoms with Crippen LogP contribution in [0.25, 0.3) is 0 Å². The van der Waals surface area contributed by atoms with Crippen molar-refractivity contribution in [2.45, 2.75) is 18.9 Å². The minimum absolute atomic E-state index is 0.0485. The zero-order valence-electron chi connectivity index (χ0n) is 6.37. The van der Waals surface area contributed by atoms with Gasteiger partial charge in [0.25, 0.3) is 0 Å². The third-order valence-electron chi connectivity index (χ3n) is 2.09. The van der Waals surface area contributed by atoms with Crippen LogP contribution >= 0.6 is 0 Å². The van der Waals surface area contributed by atoms with E-state index in [0.717, 1.165) is 11.3 Å². The Hall–Kier alpha value is -1.36. The van der Waals surface area contributed by atoms with Crippen LogP contribution in [0.15, 0.2) is 0 Å². The summed E-state index contributed by atoms with van der Waals surface area (Å²) in [6, 6.07) is 0.0485. The molecule has 5 nitrogen and oxygen atoms in total. The molecule has 0 bridgehead atoms. The summed E-state index contributed by atoms with van der Waals surface area (Å²) in [6.07, 6.45) is 1.32. The third-order valence-corrected chi connectivity index (χ3v) is 2.09. The van der Waals surface area contributed by atoms with Crippen LogP contribution in [0, 0.1) is 0 Å². The van der Waals surface area contributed by atoms with Crippen LogP contribution in [0.5, 0.6) is 0 Å². The van der Waals surface area contributed by atoms with E-state index in [9.17, 15) is 4.79 Å². The van der Waals surface area contributed by atoms with E-state index in [4.69, 9.17) is 10.8 Å². The van der Waals surface area contributed by atoms with Gasteiger partial charge in [-0.3, -0.25) is 5.10 Å². The molecule has 4 N–H and O–H groups in total. The number of carboxylic acids is 1. The monoisotopic (exact) mass is 167 g/mol. The average molecular weight is 167 g/mol. The summed E-state index contributed by atoms with van der Waals surface area (Å²) < 4.78 is 0. The molecule has 64 valence electrons. The van der Waals surface area contributed by atoms with Crippen molar-refractivity contribution in [1.82, 2.24) is 10.2 Å². The van der Waals surface area contributed by atoms with E-state index in [1.807, 2.05) is 0 Å². The highest BCUT2D eigenvalue weighted by molar-refractivity contribution is 5.87. The van der Waals surface area contributed by atoms with Crippen molar-refractivity contribution in [1.29, 1.82) is 0 Å². The largest absolute Gasteiger partial charge is 0.476 e. The van der Waals surface area contributed by atoms with Gasteiger partial charge in [-0.2, -0.15) is 5.10 Å². The van der Waals surface area contributed by atoms with Crippen LogP contribution in [0.2, 0.25) is 0 Å². The lowest BCUT2D eigenvalue weighted by atomic mass is 10.2. The van der Waals surface area contributed by atoms with Crippen molar-refractivity contribution >= 4 is 5.97 Å². The molecule has 0 unspecified atom stereocenters. The fourth-order valence-corrected chi connectivity index (χ4v) is 1.56. The maximum Gasteiger partial charge on any atom is 0.356 e. The number of nitrogens with zero attached hydrogens (tertiary/aromatic N) is 1. The Bertz CT molecular complexity index is 331. The lowest BCUT2D eigenvalue weighted by Crippen LogP contribution is -2.20. The summed E-state index contributed by atoms with van der Waals surface area (Å²) in [5.41, 5.74) is 7.43. The summed E-state index contributed by atoms with van der Waals surface area (Å²) in [7, 11) is 0. The molecule has 12 heavy (non-hydrogen) atoms. The van der Waals surface area contributed by atoms with Gasteiger partial charge in [-0.05, 0) is 6.42 Å². The van der Waals surface area contributed by atoms with Crippen molar-refractivity contribution < 1.29 is 9.90 Å². The molecular formula is C7H9N3O2. The number of hydrogen-bond donors (Lipinski definition) is 3. The topological polar surface area (TPSA) is 92.0 Å². The Morgan fingerprint density at radius 2 is 2.42 bits per heavy atom. The van der Waals surface area contributed by atoms with Gasteiger partial charge in [-0.25, -0.2) is 4.79 Å². The second-order valence-corrected chi connectivity index (χ2v) is 3.00. The number of nitrogens with two attached hydrogens (primary N) is 1. The van der Waals surface area contributed by atoms with Gasteiger partial charge in [0.1, 0.15) is 0 Å². The first-order valence-corrected chi connectivity index (χ1v) is 3.73. The van der Waals surface area contributed by atoms with Crippen LogP contribution in [-0.2, 0) is 12.8 Å². The van der Waals surface area contributed by atoms with E-state index in [-0.39, 0.29) is 11.7 Å². The van der Waals surface area contributed by atoms with Crippen LogP contribution in [0.1, 0.15) is 21.7 Å². The normalized spacial score (nSPS) is 20.9. The van der Waals surface area contributed by atoms with E-state index in [1.165, 1.54) is 0 Å². The van der Waals surface area contributed by atoms with Crippen molar-refractivity contribution in [3.05, 3.63) is 17.0 Å². The number of nitrogens with one attached hydrogen (secondary N) is 1. The van der Waals surface area contributed by atoms with Crippen LogP contribution < -0.4 is 5.73 Å². The molecule has 0 saturated carbocycles. The molecule has 1 aliphatic rings. The minimum Gasteiger partial charge on any atom is -0.476 e. The highest BCUT2D eigenvalue weighted by atomic mass is 16.4. The van der Waals surface area contributed by atoms with Gasteiger partial charge in [0.05, 0.1) is 0 Å². The van der Waals surface area contributed by atoms with Gasteiger partial charge in [0.15, 0.2) is 5.69 Å². The summed E-state index contributed by atoms with van der Waals surface area (Å²) >= 11 is 0. The van der Waals surface area contributed by atoms with Crippen LogP contribution in [0.3, 0.4) is 0 Å². The fourth-order valence-electron chi connectivity index (χ4n) is 1.56. The lowest BCUT2D eigenvalue weighted by Gasteiger charge is -1.97. The van der Waals surface area contributed by atoms with Gasteiger partial charge in [0.2, 0.25) is 0 Å². The molecule has 1 atom stereocenters. The van der Waals surface area contributed by atoms with Gasteiger partial charge in [-0.15, -0.1) is 0 Å². The van der Waals surface area contributed by atoms with Gasteiger partial charge < -0.3 is 10.8 Å². The maximum atomic E-state index is 10.6. The van der Waals surface area contributed by atoms with E-state index < -0.39 is 5.97 Å².